The molecule has 7 nitrogen and oxygen atoms in total. The predicted molar refractivity (Wildman–Crippen MR) is 106 cm³/mol. The lowest BCUT2D eigenvalue weighted by molar-refractivity contribution is -0.384. The Bertz CT molecular complexity index is 851. The van der Waals surface area contributed by atoms with Gasteiger partial charge in [-0.3, -0.25) is 19.7 Å². The average molecular weight is 384 g/mol. The molecule has 28 heavy (non-hydrogen) atoms. The zero-order chi connectivity index (χ0) is 20.7. The van der Waals surface area contributed by atoms with Gasteiger partial charge in [-0.05, 0) is 24.0 Å². The summed E-state index contributed by atoms with van der Waals surface area (Å²) >= 11 is 0. The van der Waals surface area contributed by atoms with Crippen molar-refractivity contribution in [1.82, 2.24) is 0 Å². The fraction of sp³-hybridized carbons (Fsp3) is 0.333. The van der Waals surface area contributed by atoms with Crippen LogP contribution in [0.15, 0.2) is 48.5 Å². The maximum Gasteiger partial charge on any atom is 0.314 e. The van der Waals surface area contributed by atoms with E-state index in [-0.39, 0.29) is 11.6 Å². The summed E-state index contributed by atoms with van der Waals surface area (Å²) in [6.45, 7) is 5.22. The number of nitrogens with zero attached hydrogens (tertiary/aromatic N) is 1. The number of anilines is 1. The standard InChI is InChI=1S/C21H24N2O5/c1-4-14(2)20(16-8-6-5-7-9-16)21(25)28-13-19(24)22-18-12-17(23(26)27)11-10-15(18)3/h5-12,14,20H,4,13H2,1-3H3,(H,22,24)/t14-,20+/m1/s1. The molecule has 0 aliphatic heterocycles. The van der Waals surface area contributed by atoms with Gasteiger partial charge in [0.2, 0.25) is 0 Å². The highest BCUT2D eigenvalue weighted by Gasteiger charge is 2.27. The molecule has 2 atom stereocenters. The molecule has 1 amide bonds. The summed E-state index contributed by atoms with van der Waals surface area (Å²) in [6, 6.07) is 13.5. The van der Waals surface area contributed by atoms with Crippen LogP contribution in [0.2, 0.25) is 0 Å². The van der Waals surface area contributed by atoms with Gasteiger partial charge in [0, 0.05) is 12.1 Å². The van der Waals surface area contributed by atoms with E-state index >= 15 is 0 Å². The summed E-state index contributed by atoms with van der Waals surface area (Å²) in [6.07, 6.45) is 0.785. The third kappa shape index (κ3) is 5.39. The van der Waals surface area contributed by atoms with E-state index in [1.165, 1.54) is 12.1 Å². The van der Waals surface area contributed by atoms with Crippen LogP contribution in [0.1, 0.15) is 37.3 Å². The van der Waals surface area contributed by atoms with E-state index < -0.39 is 29.3 Å². The molecule has 2 aromatic carbocycles. The van der Waals surface area contributed by atoms with Gasteiger partial charge in [0.15, 0.2) is 6.61 Å². The highest BCUT2D eigenvalue weighted by molar-refractivity contribution is 5.94. The van der Waals surface area contributed by atoms with Crippen LogP contribution in [0, 0.1) is 23.0 Å². The fourth-order valence-electron chi connectivity index (χ4n) is 2.86. The van der Waals surface area contributed by atoms with Crippen molar-refractivity contribution in [2.75, 3.05) is 11.9 Å². The molecule has 0 spiro atoms. The van der Waals surface area contributed by atoms with Gasteiger partial charge in [-0.2, -0.15) is 0 Å². The average Bonchev–Trinajstić information content (AvgIpc) is 2.68. The molecular formula is C21H24N2O5. The summed E-state index contributed by atoms with van der Waals surface area (Å²) in [4.78, 5) is 35.2. The van der Waals surface area contributed by atoms with Crippen molar-refractivity contribution in [3.05, 3.63) is 69.8 Å². The van der Waals surface area contributed by atoms with Crippen molar-refractivity contribution in [2.45, 2.75) is 33.1 Å². The number of esters is 1. The molecular weight excluding hydrogens is 360 g/mol. The first-order valence-electron chi connectivity index (χ1n) is 9.10. The van der Waals surface area contributed by atoms with Crippen LogP contribution >= 0.6 is 0 Å². The molecule has 0 heterocycles. The monoisotopic (exact) mass is 384 g/mol. The highest BCUT2D eigenvalue weighted by atomic mass is 16.6. The quantitative estimate of drug-likeness (QED) is 0.417. The van der Waals surface area contributed by atoms with E-state index in [0.717, 1.165) is 12.0 Å². The summed E-state index contributed by atoms with van der Waals surface area (Å²) in [5.74, 6) is -1.42. The third-order valence-electron chi connectivity index (χ3n) is 4.68. The number of nitro groups is 1. The minimum atomic E-state index is -0.548. The lowest BCUT2D eigenvalue weighted by atomic mass is 9.86. The number of aryl methyl sites for hydroxylation is 1. The Balaban J connectivity index is 2.04. The van der Waals surface area contributed by atoms with Crippen molar-refractivity contribution in [2.24, 2.45) is 5.92 Å². The molecule has 2 aromatic rings. The first-order chi connectivity index (χ1) is 13.3. The van der Waals surface area contributed by atoms with Gasteiger partial charge in [0.25, 0.3) is 11.6 Å². The second-order valence-electron chi connectivity index (χ2n) is 6.69. The Morgan fingerprint density at radius 2 is 1.86 bits per heavy atom. The first-order valence-corrected chi connectivity index (χ1v) is 9.10. The number of nitro benzene ring substituents is 1. The van der Waals surface area contributed by atoms with Crippen LogP contribution < -0.4 is 5.32 Å². The Morgan fingerprint density at radius 3 is 2.46 bits per heavy atom. The summed E-state index contributed by atoms with van der Waals surface area (Å²) in [5.41, 5.74) is 1.71. The highest BCUT2D eigenvalue weighted by Crippen LogP contribution is 2.28. The van der Waals surface area contributed by atoms with Crippen molar-refractivity contribution >= 4 is 23.3 Å². The van der Waals surface area contributed by atoms with Crippen molar-refractivity contribution in [1.29, 1.82) is 0 Å². The van der Waals surface area contributed by atoms with E-state index in [1.54, 1.807) is 13.0 Å². The number of hydrogen-bond acceptors (Lipinski definition) is 5. The van der Waals surface area contributed by atoms with Gasteiger partial charge in [-0.1, -0.05) is 56.7 Å². The van der Waals surface area contributed by atoms with Gasteiger partial charge in [0.05, 0.1) is 16.5 Å². The van der Waals surface area contributed by atoms with E-state index in [9.17, 15) is 19.7 Å². The molecule has 0 aliphatic carbocycles. The van der Waals surface area contributed by atoms with Crippen LogP contribution in [0.5, 0.6) is 0 Å². The topological polar surface area (TPSA) is 98.5 Å². The lowest BCUT2D eigenvalue weighted by Crippen LogP contribution is -2.27. The summed E-state index contributed by atoms with van der Waals surface area (Å²) in [7, 11) is 0. The molecule has 148 valence electrons. The maximum absolute atomic E-state index is 12.6. The Labute approximate surface area is 163 Å². The van der Waals surface area contributed by atoms with Crippen molar-refractivity contribution in [3.63, 3.8) is 0 Å². The largest absolute Gasteiger partial charge is 0.455 e. The molecule has 0 saturated heterocycles. The van der Waals surface area contributed by atoms with E-state index in [1.807, 2.05) is 44.2 Å². The van der Waals surface area contributed by atoms with Crippen LogP contribution in [0.3, 0.4) is 0 Å². The smallest absolute Gasteiger partial charge is 0.314 e. The van der Waals surface area contributed by atoms with Crippen LogP contribution in [0.25, 0.3) is 0 Å². The minimum absolute atomic E-state index is 0.0528. The van der Waals surface area contributed by atoms with E-state index in [4.69, 9.17) is 4.74 Å². The number of ether oxygens (including phenoxy) is 1. The van der Waals surface area contributed by atoms with E-state index in [0.29, 0.717) is 11.3 Å². The molecule has 0 saturated carbocycles. The molecule has 0 fully saturated rings. The summed E-state index contributed by atoms with van der Waals surface area (Å²) < 4.78 is 5.25. The van der Waals surface area contributed by atoms with Gasteiger partial charge >= 0.3 is 5.97 Å². The van der Waals surface area contributed by atoms with Crippen LogP contribution in [-0.2, 0) is 14.3 Å². The second-order valence-corrected chi connectivity index (χ2v) is 6.69. The first kappa shape index (κ1) is 21.1. The third-order valence-corrected chi connectivity index (χ3v) is 4.68. The molecule has 0 aromatic heterocycles. The van der Waals surface area contributed by atoms with Gasteiger partial charge in [0.1, 0.15) is 0 Å². The fourth-order valence-corrected chi connectivity index (χ4v) is 2.86. The number of rotatable bonds is 8. The molecule has 0 radical (unpaired) electrons. The Kier molecular flexibility index (Phi) is 7.26. The zero-order valence-corrected chi connectivity index (χ0v) is 16.2. The Morgan fingerprint density at radius 1 is 1.18 bits per heavy atom. The Hall–Kier alpha value is -3.22. The number of benzene rings is 2. The van der Waals surface area contributed by atoms with Crippen LogP contribution in [-0.4, -0.2) is 23.4 Å². The molecule has 2 rings (SSSR count). The van der Waals surface area contributed by atoms with Gasteiger partial charge in [-0.15, -0.1) is 0 Å². The van der Waals surface area contributed by atoms with E-state index in [2.05, 4.69) is 5.32 Å². The summed E-state index contributed by atoms with van der Waals surface area (Å²) in [5, 5.41) is 13.5. The van der Waals surface area contributed by atoms with Crippen molar-refractivity contribution in [3.8, 4) is 0 Å². The predicted octanol–water partition coefficient (Wildman–Crippen LogP) is 4.21. The molecule has 0 aliphatic rings. The molecule has 1 N–H and O–H groups in total. The minimum Gasteiger partial charge on any atom is -0.455 e. The second kappa shape index (κ2) is 9.64. The zero-order valence-electron chi connectivity index (χ0n) is 16.2. The number of nitrogens with one attached hydrogen (secondary N) is 1. The van der Waals surface area contributed by atoms with Gasteiger partial charge in [-0.25, -0.2) is 0 Å². The van der Waals surface area contributed by atoms with Crippen LogP contribution in [0.4, 0.5) is 11.4 Å². The molecule has 0 unspecified atom stereocenters. The number of amides is 1. The lowest BCUT2D eigenvalue weighted by Gasteiger charge is -2.21. The SMILES string of the molecule is CC[C@@H](C)[C@H](C(=O)OCC(=O)Nc1cc([N+](=O)[O-])ccc1C)c1ccccc1. The molecule has 0 bridgehead atoms. The number of carbonyl (C=O) groups is 2. The number of carbonyl (C=O) groups excluding carboxylic acids is 2. The normalized spacial score (nSPS) is 12.7. The number of hydrogen-bond donors (Lipinski definition) is 1. The number of non-ortho nitro benzene ring substituents is 1. The maximum atomic E-state index is 12.6. The van der Waals surface area contributed by atoms with Crippen molar-refractivity contribution < 1.29 is 19.2 Å². The van der Waals surface area contributed by atoms with Gasteiger partial charge < -0.3 is 10.1 Å². The molecule has 7 heteroatoms.